The predicted octanol–water partition coefficient (Wildman–Crippen LogP) is 4.10. The van der Waals surface area contributed by atoms with E-state index in [-0.39, 0.29) is 12.0 Å². The Morgan fingerprint density at radius 2 is 2.14 bits per heavy atom. The highest BCUT2D eigenvalue weighted by Crippen LogP contribution is 2.29. The molecular formula is C23H26N2O3. The van der Waals surface area contributed by atoms with Crippen LogP contribution in [0.5, 0.6) is 0 Å². The topological polar surface area (TPSA) is 54.6 Å². The first-order valence-corrected chi connectivity index (χ1v) is 9.82. The van der Waals surface area contributed by atoms with E-state index in [4.69, 9.17) is 9.47 Å². The molecule has 2 aromatic carbocycles. The molecule has 1 saturated heterocycles. The molecule has 5 heteroatoms. The average Bonchev–Trinajstić information content (AvgIpc) is 3.42. The van der Waals surface area contributed by atoms with E-state index in [0.29, 0.717) is 25.3 Å². The summed E-state index contributed by atoms with van der Waals surface area (Å²) in [6.45, 7) is 2.47. The van der Waals surface area contributed by atoms with Gasteiger partial charge in [0.2, 0.25) is 0 Å². The lowest BCUT2D eigenvalue weighted by atomic mass is 9.99. The molecule has 2 heterocycles. The average molecular weight is 378 g/mol. The van der Waals surface area contributed by atoms with E-state index in [1.165, 1.54) is 0 Å². The molecule has 0 radical (unpaired) electrons. The van der Waals surface area contributed by atoms with E-state index in [9.17, 15) is 4.79 Å². The van der Waals surface area contributed by atoms with Crippen molar-refractivity contribution in [2.75, 3.05) is 33.4 Å². The quantitative estimate of drug-likeness (QED) is 0.673. The van der Waals surface area contributed by atoms with E-state index in [2.05, 4.69) is 29.2 Å². The summed E-state index contributed by atoms with van der Waals surface area (Å²) in [5, 5.41) is 1.16. The molecule has 0 spiro atoms. The Kier molecular flexibility index (Phi) is 5.74. The first-order valence-electron chi connectivity index (χ1n) is 9.82. The van der Waals surface area contributed by atoms with Crippen LogP contribution in [0.1, 0.15) is 23.2 Å². The normalized spacial score (nSPS) is 16.5. The van der Waals surface area contributed by atoms with Crippen LogP contribution in [0, 0.1) is 0 Å². The van der Waals surface area contributed by atoms with E-state index < -0.39 is 0 Å². The fourth-order valence-electron chi connectivity index (χ4n) is 3.85. The number of amides is 1. The zero-order valence-electron chi connectivity index (χ0n) is 16.2. The third kappa shape index (κ3) is 3.96. The van der Waals surface area contributed by atoms with Gasteiger partial charge in [-0.2, -0.15) is 0 Å². The lowest BCUT2D eigenvalue weighted by Crippen LogP contribution is -2.39. The first-order chi connectivity index (χ1) is 13.8. The Morgan fingerprint density at radius 3 is 2.96 bits per heavy atom. The summed E-state index contributed by atoms with van der Waals surface area (Å²) >= 11 is 0. The number of benzene rings is 2. The van der Waals surface area contributed by atoms with Crippen molar-refractivity contribution in [2.24, 2.45) is 0 Å². The van der Waals surface area contributed by atoms with Crippen molar-refractivity contribution in [1.29, 1.82) is 0 Å². The number of aromatic amines is 1. The Bertz CT molecular complexity index is 944. The van der Waals surface area contributed by atoms with Gasteiger partial charge in [-0.25, -0.2) is 0 Å². The Hall–Kier alpha value is -2.63. The van der Waals surface area contributed by atoms with E-state index in [0.717, 1.165) is 41.5 Å². The van der Waals surface area contributed by atoms with Gasteiger partial charge in [0.25, 0.3) is 5.91 Å². The zero-order chi connectivity index (χ0) is 19.3. The molecule has 0 bridgehead atoms. The van der Waals surface area contributed by atoms with Crippen LogP contribution in [-0.4, -0.2) is 55.3 Å². The monoisotopic (exact) mass is 378 g/mol. The number of hydrogen-bond acceptors (Lipinski definition) is 3. The van der Waals surface area contributed by atoms with Gasteiger partial charge in [-0.3, -0.25) is 4.79 Å². The molecule has 0 unspecified atom stereocenters. The van der Waals surface area contributed by atoms with Crippen LogP contribution in [0.4, 0.5) is 0 Å². The van der Waals surface area contributed by atoms with E-state index in [1.54, 1.807) is 7.11 Å². The van der Waals surface area contributed by atoms with Crippen LogP contribution >= 0.6 is 0 Å². The second-order valence-corrected chi connectivity index (χ2v) is 7.20. The number of ether oxygens (including phenoxy) is 2. The summed E-state index contributed by atoms with van der Waals surface area (Å²) in [7, 11) is 1.66. The first kappa shape index (κ1) is 18.7. The minimum atomic E-state index is 0.0237. The van der Waals surface area contributed by atoms with Crippen molar-refractivity contribution in [2.45, 2.75) is 18.9 Å². The molecule has 5 nitrogen and oxygen atoms in total. The Labute approximate surface area is 165 Å². The van der Waals surface area contributed by atoms with Crippen molar-refractivity contribution in [3.63, 3.8) is 0 Å². The van der Waals surface area contributed by atoms with E-state index in [1.807, 2.05) is 35.4 Å². The third-order valence-electron chi connectivity index (χ3n) is 5.32. The van der Waals surface area contributed by atoms with Gasteiger partial charge in [-0.05, 0) is 48.2 Å². The highest BCUT2D eigenvalue weighted by atomic mass is 16.5. The summed E-state index contributed by atoms with van der Waals surface area (Å²) in [6, 6.07) is 16.1. The van der Waals surface area contributed by atoms with Crippen LogP contribution in [-0.2, 0) is 9.47 Å². The molecule has 1 aliphatic heterocycles. The molecule has 1 aromatic heterocycles. The van der Waals surface area contributed by atoms with Gasteiger partial charge in [0.05, 0.1) is 12.7 Å². The Morgan fingerprint density at radius 1 is 1.25 bits per heavy atom. The maximum Gasteiger partial charge on any atom is 0.254 e. The van der Waals surface area contributed by atoms with Crippen molar-refractivity contribution < 1.29 is 14.3 Å². The summed E-state index contributed by atoms with van der Waals surface area (Å²) < 4.78 is 11.0. The van der Waals surface area contributed by atoms with Gasteiger partial charge in [0.1, 0.15) is 0 Å². The van der Waals surface area contributed by atoms with Crippen molar-refractivity contribution >= 4 is 16.8 Å². The summed E-state index contributed by atoms with van der Waals surface area (Å²) in [5.74, 6) is 0.0237. The third-order valence-corrected chi connectivity index (χ3v) is 5.32. The number of hydrogen-bond donors (Lipinski definition) is 1. The van der Waals surface area contributed by atoms with Gasteiger partial charge in [-0.15, -0.1) is 0 Å². The maximum atomic E-state index is 13.2. The van der Waals surface area contributed by atoms with Crippen molar-refractivity contribution in [3.8, 4) is 11.1 Å². The second-order valence-electron chi connectivity index (χ2n) is 7.20. The summed E-state index contributed by atoms with van der Waals surface area (Å²) in [4.78, 5) is 18.3. The van der Waals surface area contributed by atoms with Gasteiger partial charge < -0.3 is 19.4 Å². The molecule has 1 aliphatic rings. The molecule has 1 N–H and O–H groups in total. The van der Waals surface area contributed by atoms with E-state index >= 15 is 0 Å². The number of rotatable bonds is 7. The summed E-state index contributed by atoms with van der Waals surface area (Å²) in [6.07, 6.45) is 4.13. The van der Waals surface area contributed by atoms with Crippen molar-refractivity contribution in [3.05, 3.63) is 60.3 Å². The molecule has 3 aromatic rings. The molecule has 4 rings (SSSR count). The van der Waals surface area contributed by atoms with Gasteiger partial charge >= 0.3 is 0 Å². The second kappa shape index (κ2) is 8.59. The SMILES string of the molecule is COCCN(C[C@H]1CCCO1)C(=O)c1cccc(-c2cccc3[nH]ccc23)c1. The molecule has 146 valence electrons. The van der Waals surface area contributed by atoms with Gasteiger partial charge in [-0.1, -0.05) is 24.3 Å². The molecule has 1 atom stereocenters. The van der Waals surface area contributed by atoms with Gasteiger partial charge in [0.15, 0.2) is 0 Å². The molecule has 1 fully saturated rings. The fourth-order valence-corrected chi connectivity index (χ4v) is 3.85. The number of H-pyrrole nitrogens is 1. The molecular weight excluding hydrogens is 352 g/mol. The molecule has 0 saturated carbocycles. The number of aromatic nitrogens is 1. The number of carbonyl (C=O) groups excluding carboxylic acids is 1. The number of nitrogens with zero attached hydrogens (tertiary/aromatic N) is 1. The van der Waals surface area contributed by atoms with Crippen LogP contribution in [0.2, 0.25) is 0 Å². The fraction of sp³-hybridized carbons (Fsp3) is 0.348. The maximum absolute atomic E-state index is 13.2. The largest absolute Gasteiger partial charge is 0.383 e. The number of fused-ring (bicyclic) bond motifs is 1. The molecule has 0 aliphatic carbocycles. The Balaban J connectivity index is 1.61. The molecule has 1 amide bonds. The summed E-state index contributed by atoms with van der Waals surface area (Å²) in [5.41, 5.74) is 3.95. The number of methoxy groups -OCH3 is 1. The number of carbonyl (C=O) groups is 1. The van der Waals surface area contributed by atoms with Crippen LogP contribution in [0.25, 0.3) is 22.0 Å². The zero-order valence-corrected chi connectivity index (χ0v) is 16.2. The molecule has 28 heavy (non-hydrogen) atoms. The minimum Gasteiger partial charge on any atom is -0.383 e. The van der Waals surface area contributed by atoms with Gasteiger partial charge in [0, 0.05) is 49.5 Å². The number of nitrogens with one attached hydrogen (secondary N) is 1. The predicted molar refractivity (Wildman–Crippen MR) is 110 cm³/mol. The lowest BCUT2D eigenvalue weighted by molar-refractivity contribution is 0.0456. The minimum absolute atomic E-state index is 0.0237. The van der Waals surface area contributed by atoms with Crippen LogP contribution < -0.4 is 0 Å². The highest BCUT2D eigenvalue weighted by Gasteiger charge is 2.23. The van der Waals surface area contributed by atoms with Crippen molar-refractivity contribution in [1.82, 2.24) is 9.88 Å². The van der Waals surface area contributed by atoms with Crippen LogP contribution in [0.3, 0.4) is 0 Å². The smallest absolute Gasteiger partial charge is 0.254 e. The van der Waals surface area contributed by atoms with Crippen LogP contribution in [0.15, 0.2) is 54.7 Å². The standard InChI is InChI=1S/C23H26N2O3/c1-27-14-12-25(16-19-7-4-13-28-19)23(26)18-6-2-5-17(15-18)20-8-3-9-22-21(20)10-11-24-22/h2-3,5-6,8-11,15,19,24H,4,7,12-14,16H2,1H3/t19-/m1/s1. The highest BCUT2D eigenvalue weighted by molar-refractivity contribution is 5.99. The lowest BCUT2D eigenvalue weighted by Gasteiger charge is -2.25.